The Hall–Kier alpha value is -2.34. The van der Waals surface area contributed by atoms with E-state index in [2.05, 4.69) is 15.0 Å². The van der Waals surface area contributed by atoms with E-state index in [1.807, 2.05) is 6.07 Å². The molecule has 0 fully saturated rings. The molecule has 88 valence electrons. The number of H-pyrrole nitrogens is 1. The Labute approximate surface area is 105 Å². The monoisotopic (exact) mass is 257 g/mol. The molecule has 0 saturated heterocycles. The van der Waals surface area contributed by atoms with Crippen LogP contribution < -0.4 is 5.56 Å². The number of carbonyl (C=O) groups is 1. The SMILES string of the molecule is O=Cc1cc2c(=O)[nH]c(-c3cccnc3)nc2s1. The minimum atomic E-state index is -0.247. The average molecular weight is 257 g/mol. The lowest BCUT2D eigenvalue weighted by Gasteiger charge is -1.99. The van der Waals surface area contributed by atoms with E-state index in [0.29, 0.717) is 20.9 Å². The van der Waals surface area contributed by atoms with Gasteiger partial charge in [0.15, 0.2) is 6.29 Å². The number of pyridine rings is 1. The van der Waals surface area contributed by atoms with Crippen molar-refractivity contribution in [3.05, 3.63) is 45.8 Å². The Morgan fingerprint density at radius 2 is 2.28 bits per heavy atom. The van der Waals surface area contributed by atoms with Gasteiger partial charge in [-0.1, -0.05) is 0 Å². The van der Waals surface area contributed by atoms with E-state index in [-0.39, 0.29) is 5.56 Å². The number of carbonyl (C=O) groups excluding carboxylic acids is 1. The molecule has 0 radical (unpaired) electrons. The van der Waals surface area contributed by atoms with Crippen molar-refractivity contribution in [1.29, 1.82) is 0 Å². The number of thiophene rings is 1. The number of hydrogen-bond acceptors (Lipinski definition) is 5. The van der Waals surface area contributed by atoms with Crippen LogP contribution in [0.2, 0.25) is 0 Å². The summed E-state index contributed by atoms with van der Waals surface area (Å²) in [4.78, 5) is 34.6. The fourth-order valence-electron chi connectivity index (χ4n) is 1.65. The van der Waals surface area contributed by atoms with E-state index in [9.17, 15) is 9.59 Å². The molecule has 0 saturated carbocycles. The number of rotatable bonds is 2. The molecule has 0 spiro atoms. The first-order chi connectivity index (χ1) is 8.78. The van der Waals surface area contributed by atoms with Gasteiger partial charge in [0.05, 0.1) is 10.3 Å². The lowest BCUT2D eigenvalue weighted by molar-refractivity contribution is 0.112. The van der Waals surface area contributed by atoms with Crippen molar-refractivity contribution in [3.8, 4) is 11.4 Å². The van der Waals surface area contributed by atoms with Crippen LogP contribution in [0.25, 0.3) is 21.6 Å². The van der Waals surface area contributed by atoms with Gasteiger partial charge in [-0.2, -0.15) is 0 Å². The summed E-state index contributed by atoms with van der Waals surface area (Å²) in [6.07, 6.45) is 3.99. The second-order valence-corrected chi connectivity index (χ2v) is 4.70. The van der Waals surface area contributed by atoms with Crippen LogP contribution in [-0.2, 0) is 0 Å². The lowest BCUT2D eigenvalue weighted by Crippen LogP contribution is -2.07. The van der Waals surface area contributed by atoms with Crippen molar-refractivity contribution in [2.45, 2.75) is 0 Å². The largest absolute Gasteiger partial charge is 0.306 e. The normalized spacial score (nSPS) is 10.7. The second-order valence-electron chi connectivity index (χ2n) is 3.64. The summed E-state index contributed by atoms with van der Waals surface area (Å²) in [5, 5.41) is 0.440. The first-order valence-electron chi connectivity index (χ1n) is 5.17. The Balaban J connectivity index is 2.27. The van der Waals surface area contributed by atoms with Crippen LogP contribution in [0.1, 0.15) is 9.67 Å². The molecular weight excluding hydrogens is 250 g/mol. The van der Waals surface area contributed by atoms with E-state index in [1.54, 1.807) is 24.5 Å². The predicted octanol–water partition coefficient (Wildman–Crippen LogP) is 1.86. The fraction of sp³-hybridized carbons (Fsp3) is 0. The highest BCUT2D eigenvalue weighted by atomic mass is 32.1. The van der Waals surface area contributed by atoms with Gasteiger partial charge in [0.2, 0.25) is 0 Å². The van der Waals surface area contributed by atoms with Gasteiger partial charge in [-0.15, -0.1) is 11.3 Å². The number of aldehydes is 1. The van der Waals surface area contributed by atoms with Crippen LogP contribution in [0.3, 0.4) is 0 Å². The molecule has 0 aliphatic rings. The minimum absolute atomic E-state index is 0.247. The van der Waals surface area contributed by atoms with E-state index < -0.39 is 0 Å². The first-order valence-corrected chi connectivity index (χ1v) is 5.99. The summed E-state index contributed by atoms with van der Waals surface area (Å²) in [6, 6.07) is 5.13. The first kappa shape index (κ1) is 10.8. The predicted molar refractivity (Wildman–Crippen MR) is 68.9 cm³/mol. The molecule has 18 heavy (non-hydrogen) atoms. The van der Waals surface area contributed by atoms with Crippen molar-refractivity contribution >= 4 is 27.8 Å². The van der Waals surface area contributed by atoms with Crippen LogP contribution in [0.5, 0.6) is 0 Å². The lowest BCUT2D eigenvalue weighted by atomic mass is 10.2. The van der Waals surface area contributed by atoms with Gasteiger partial charge in [-0.3, -0.25) is 14.6 Å². The summed E-state index contributed by atoms with van der Waals surface area (Å²) in [7, 11) is 0. The molecule has 3 heterocycles. The maximum absolute atomic E-state index is 11.9. The zero-order chi connectivity index (χ0) is 12.5. The molecule has 5 nitrogen and oxygen atoms in total. The van der Waals surface area contributed by atoms with Crippen LogP contribution >= 0.6 is 11.3 Å². The fourth-order valence-corrected chi connectivity index (χ4v) is 2.49. The topological polar surface area (TPSA) is 75.7 Å². The zero-order valence-electron chi connectivity index (χ0n) is 9.08. The molecule has 3 rings (SSSR count). The van der Waals surface area contributed by atoms with Crippen molar-refractivity contribution in [2.24, 2.45) is 0 Å². The number of hydrogen-bond donors (Lipinski definition) is 1. The highest BCUT2D eigenvalue weighted by Gasteiger charge is 2.09. The molecule has 3 aromatic heterocycles. The number of aromatic nitrogens is 3. The zero-order valence-corrected chi connectivity index (χ0v) is 9.90. The summed E-state index contributed by atoms with van der Waals surface area (Å²) in [5.74, 6) is 0.458. The van der Waals surface area contributed by atoms with Crippen LogP contribution in [0.4, 0.5) is 0 Å². The Morgan fingerprint density at radius 3 is 3.00 bits per heavy atom. The summed E-state index contributed by atoms with van der Waals surface area (Å²) >= 11 is 1.20. The number of fused-ring (bicyclic) bond motifs is 1. The third-order valence-corrected chi connectivity index (χ3v) is 3.43. The van der Waals surface area contributed by atoms with Gasteiger partial charge < -0.3 is 4.98 Å². The maximum atomic E-state index is 11.9. The smallest absolute Gasteiger partial charge is 0.259 e. The quantitative estimate of drug-likeness (QED) is 0.711. The van der Waals surface area contributed by atoms with Gasteiger partial charge in [0, 0.05) is 18.0 Å². The summed E-state index contributed by atoms with van der Waals surface area (Å²) < 4.78 is 0. The molecule has 0 aliphatic carbocycles. The van der Waals surface area contributed by atoms with Crippen molar-refractivity contribution in [3.63, 3.8) is 0 Å². The van der Waals surface area contributed by atoms with Gasteiger partial charge in [0.1, 0.15) is 10.7 Å². The highest BCUT2D eigenvalue weighted by Crippen LogP contribution is 2.22. The van der Waals surface area contributed by atoms with Gasteiger partial charge in [0.25, 0.3) is 5.56 Å². The average Bonchev–Trinajstić information content (AvgIpc) is 2.83. The molecule has 0 aromatic carbocycles. The van der Waals surface area contributed by atoms with E-state index in [0.717, 1.165) is 11.8 Å². The standard InChI is InChI=1S/C12H7N3O2S/c16-6-8-4-9-11(17)14-10(15-12(9)18-8)7-2-1-3-13-5-7/h1-6H,(H,14,15,17). The number of nitrogens with one attached hydrogen (secondary N) is 1. The van der Waals surface area contributed by atoms with E-state index in [4.69, 9.17) is 0 Å². The maximum Gasteiger partial charge on any atom is 0.259 e. The summed E-state index contributed by atoms with van der Waals surface area (Å²) in [5.41, 5.74) is 0.487. The molecule has 3 aromatic rings. The van der Waals surface area contributed by atoms with Crippen molar-refractivity contribution < 1.29 is 4.79 Å². The van der Waals surface area contributed by atoms with E-state index in [1.165, 1.54) is 11.3 Å². The van der Waals surface area contributed by atoms with Crippen molar-refractivity contribution in [1.82, 2.24) is 15.0 Å². The van der Waals surface area contributed by atoms with Gasteiger partial charge in [-0.05, 0) is 18.2 Å². The molecule has 0 unspecified atom stereocenters. The highest BCUT2D eigenvalue weighted by molar-refractivity contribution is 7.20. The molecule has 6 heteroatoms. The second kappa shape index (κ2) is 4.15. The van der Waals surface area contributed by atoms with E-state index >= 15 is 0 Å². The van der Waals surface area contributed by atoms with Gasteiger partial charge in [-0.25, -0.2) is 4.98 Å². The van der Waals surface area contributed by atoms with Crippen LogP contribution in [0, 0.1) is 0 Å². The van der Waals surface area contributed by atoms with Crippen molar-refractivity contribution in [2.75, 3.05) is 0 Å². The molecule has 0 bridgehead atoms. The molecule has 0 atom stereocenters. The Kier molecular flexibility index (Phi) is 2.49. The molecular formula is C12H7N3O2S. The third-order valence-electron chi connectivity index (χ3n) is 2.47. The number of aromatic amines is 1. The summed E-state index contributed by atoms with van der Waals surface area (Å²) in [6.45, 7) is 0. The molecule has 1 N–H and O–H groups in total. The molecule has 0 amide bonds. The Bertz CT molecular complexity index is 777. The molecule has 0 aliphatic heterocycles. The minimum Gasteiger partial charge on any atom is -0.306 e. The Morgan fingerprint density at radius 1 is 1.39 bits per heavy atom. The van der Waals surface area contributed by atoms with Gasteiger partial charge >= 0.3 is 0 Å². The number of nitrogens with zero attached hydrogens (tertiary/aromatic N) is 2. The van der Waals surface area contributed by atoms with Crippen LogP contribution in [-0.4, -0.2) is 21.2 Å². The van der Waals surface area contributed by atoms with Crippen LogP contribution in [0.15, 0.2) is 35.4 Å². The third kappa shape index (κ3) is 1.72.